The van der Waals surface area contributed by atoms with E-state index in [2.05, 4.69) is 48.5 Å². The largest absolute Gasteiger partial charge is 0.369 e. The molecule has 0 saturated heterocycles. The summed E-state index contributed by atoms with van der Waals surface area (Å²) >= 11 is 0. The SMILES string of the molecule is CC1CCC(C(C)C)C(CC(C(N)=O)(C(C)C)C(C)C)C1. The molecule has 0 radical (unpaired) electrons. The molecular formula is C19H37NO. The summed E-state index contributed by atoms with van der Waals surface area (Å²) in [6.45, 7) is 15.7. The average molecular weight is 296 g/mol. The lowest BCUT2D eigenvalue weighted by Crippen LogP contribution is -2.48. The first-order valence-electron chi connectivity index (χ1n) is 8.92. The number of hydrogen-bond donors (Lipinski definition) is 1. The van der Waals surface area contributed by atoms with Crippen molar-refractivity contribution in [1.29, 1.82) is 0 Å². The number of rotatable bonds is 6. The Morgan fingerprint density at radius 3 is 2.00 bits per heavy atom. The molecular weight excluding hydrogens is 258 g/mol. The van der Waals surface area contributed by atoms with E-state index < -0.39 is 0 Å². The van der Waals surface area contributed by atoms with E-state index in [1.807, 2.05) is 0 Å². The number of carbonyl (C=O) groups is 1. The molecule has 0 bridgehead atoms. The minimum absolute atomic E-state index is 0.0896. The van der Waals surface area contributed by atoms with Crippen molar-refractivity contribution in [3.63, 3.8) is 0 Å². The van der Waals surface area contributed by atoms with Gasteiger partial charge in [-0.2, -0.15) is 0 Å². The molecule has 0 aromatic heterocycles. The first-order valence-corrected chi connectivity index (χ1v) is 8.92. The van der Waals surface area contributed by atoms with Crippen molar-refractivity contribution in [3.8, 4) is 0 Å². The summed E-state index contributed by atoms with van der Waals surface area (Å²) in [5, 5.41) is 0. The van der Waals surface area contributed by atoms with Crippen molar-refractivity contribution in [2.75, 3.05) is 0 Å². The highest BCUT2D eigenvalue weighted by atomic mass is 16.1. The number of nitrogens with two attached hydrogens (primary N) is 1. The minimum atomic E-state index is -0.352. The molecule has 1 rings (SSSR count). The molecule has 1 saturated carbocycles. The van der Waals surface area contributed by atoms with Crippen LogP contribution < -0.4 is 5.73 Å². The Bertz CT molecular complexity index is 337. The summed E-state index contributed by atoms with van der Waals surface area (Å²) in [6.07, 6.45) is 4.89. The zero-order chi connectivity index (χ0) is 16.4. The molecule has 1 aliphatic rings. The van der Waals surface area contributed by atoms with Crippen molar-refractivity contribution >= 4 is 5.91 Å². The van der Waals surface area contributed by atoms with E-state index in [4.69, 9.17) is 5.73 Å². The summed E-state index contributed by atoms with van der Waals surface area (Å²) in [5.41, 5.74) is 5.56. The molecule has 2 heteroatoms. The molecule has 0 aromatic rings. The maximum atomic E-state index is 12.4. The second-order valence-electron chi connectivity index (χ2n) is 8.50. The molecule has 3 unspecified atom stereocenters. The molecule has 2 nitrogen and oxygen atoms in total. The molecule has 124 valence electrons. The summed E-state index contributed by atoms with van der Waals surface area (Å²) < 4.78 is 0. The summed E-state index contributed by atoms with van der Waals surface area (Å²) in [4.78, 5) is 12.4. The van der Waals surface area contributed by atoms with Gasteiger partial charge in [-0.05, 0) is 54.8 Å². The fourth-order valence-electron chi connectivity index (χ4n) is 4.88. The summed E-state index contributed by atoms with van der Waals surface area (Å²) in [6, 6.07) is 0. The van der Waals surface area contributed by atoms with Gasteiger partial charge in [-0.1, -0.05) is 54.9 Å². The Balaban J connectivity index is 3.07. The molecule has 21 heavy (non-hydrogen) atoms. The van der Waals surface area contributed by atoms with E-state index in [0.717, 1.165) is 18.3 Å². The standard InChI is InChI=1S/C19H37NO/c1-12(2)17-9-8-15(7)10-16(17)11-19(13(3)4,14(5)6)18(20)21/h12-17H,8-11H2,1-7H3,(H2,20,21). The third kappa shape index (κ3) is 3.81. The van der Waals surface area contributed by atoms with Gasteiger partial charge in [0.1, 0.15) is 0 Å². The summed E-state index contributed by atoms with van der Waals surface area (Å²) in [5.74, 6) is 3.40. The highest BCUT2D eigenvalue weighted by molar-refractivity contribution is 5.81. The van der Waals surface area contributed by atoms with E-state index in [0.29, 0.717) is 23.7 Å². The van der Waals surface area contributed by atoms with Gasteiger partial charge in [0.15, 0.2) is 0 Å². The number of hydrogen-bond acceptors (Lipinski definition) is 1. The molecule has 1 amide bonds. The zero-order valence-corrected chi connectivity index (χ0v) is 15.3. The van der Waals surface area contributed by atoms with Crippen molar-refractivity contribution < 1.29 is 4.79 Å². The van der Waals surface area contributed by atoms with Crippen LogP contribution >= 0.6 is 0 Å². The van der Waals surface area contributed by atoms with Gasteiger partial charge in [-0.25, -0.2) is 0 Å². The van der Waals surface area contributed by atoms with Crippen molar-refractivity contribution in [1.82, 2.24) is 0 Å². The Morgan fingerprint density at radius 2 is 1.62 bits per heavy atom. The maximum absolute atomic E-state index is 12.4. The minimum Gasteiger partial charge on any atom is -0.369 e. The van der Waals surface area contributed by atoms with Gasteiger partial charge < -0.3 is 5.73 Å². The fraction of sp³-hybridized carbons (Fsp3) is 0.947. The summed E-state index contributed by atoms with van der Waals surface area (Å²) in [7, 11) is 0. The fourth-order valence-corrected chi connectivity index (χ4v) is 4.88. The first kappa shape index (κ1) is 18.5. The normalized spacial score (nSPS) is 27.6. The monoisotopic (exact) mass is 295 g/mol. The van der Waals surface area contributed by atoms with E-state index in [-0.39, 0.29) is 11.3 Å². The zero-order valence-electron chi connectivity index (χ0n) is 15.3. The van der Waals surface area contributed by atoms with Crippen LogP contribution in [0, 0.1) is 40.9 Å². The number of amides is 1. The van der Waals surface area contributed by atoms with Crippen LogP contribution in [-0.2, 0) is 4.79 Å². The van der Waals surface area contributed by atoms with E-state index in [9.17, 15) is 4.79 Å². The highest BCUT2D eigenvalue weighted by Gasteiger charge is 2.46. The average Bonchev–Trinajstić information content (AvgIpc) is 2.34. The Kier molecular flexibility index (Phi) is 6.31. The van der Waals surface area contributed by atoms with Crippen molar-refractivity contribution in [3.05, 3.63) is 0 Å². The van der Waals surface area contributed by atoms with Gasteiger partial charge in [0.25, 0.3) is 0 Å². The van der Waals surface area contributed by atoms with Crippen LogP contribution in [0.15, 0.2) is 0 Å². The maximum Gasteiger partial charge on any atom is 0.224 e. The smallest absolute Gasteiger partial charge is 0.224 e. The van der Waals surface area contributed by atoms with Crippen LogP contribution in [-0.4, -0.2) is 5.91 Å². The Hall–Kier alpha value is -0.530. The second kappa shape index (κ2) is 7.15. The molecule has 0 aliphatic heterocycles. The Labute approximate surface area is 132 Å². The van der Waals surface area contributed by atoms with Crippen LogP contribution in [0.1, 0.15) is 74.1 Å². The van der Waals surface area contributed by atoms with Crippen LogP contribution in [0.3, 0.4) is 0 Å². The van der Waals surface area contributed by atoms with E-state index >= 15 is 0 Å². The van der Waals surface area contributed by atoms with E-state index in [1.165, 1.54) is 19.3 Å². The molecule has 0 spiro atoms. The van der Waals surface area contributed by atoms with Gasteiger partial charge in [0.2, 0.25) is 5.91 Å². The van der Waals surface area contributed by atoms with E-state index in [1.54, 1.807) is 0 Å². The molecule has 2 N–H and O–H groups in total. The highest BCUT2D eigenvalue weighted by Crippen LogP contribution is 2.48. The van der Waals surface area contributed by atoms with Gasteiger partial charge >= 0.3 is 0 Å². The van der Waals surface area contributed by atoms with Crippen LogP contribution in [0.4, 0.5) is 0 Å². The topological polar surface area (TPSA) is 43.1 Å². The van der Waals surface area contributed by atoms with Gasteiger partial charge in [-0.3, -0.25) is 4.79 Å². The number of primary amides is 1. The predicted octanol–water partition coefficient (Wildman–Crippen LogP) is 4.87. The molecule has 0 aromatic carbocycles. The number of carbonyl (C=O) groups excluding carboxylic acids is 1. The molecule has 3 atom stereocenters. The lowest BCUT2D eigenvalue weighted by molar-refractivity contribution is -0.136. The first-order chi connectivity index (χ1) is 9.62. The van der Waals surface area contributed by atoms with Crippen molar-refractivity contribution in [2.24, 2.45) is 46.7 Å². The lowest BCUT2D eigenvalue weighted by Gasteiger charge is -2.46. The van der Waals surface area contributed by atoms with Gasteiger partial charge in [-0.15, -0.1) is 0 Å². The lowest BCUT2D eigenvalue weighted by atomic mass is 9.58. The third-order valence-electron chi connectivity index (χ3n) is 6.28. The van der Waals surface area contributed by atoms with Crippen LogP contribution in [0.2, 0.25) is 0 Å². The molecule has 0 heterocycles. The quantitative estimate of drug-likeness (QED) is 0.746. The van der Waals surface area contributed by atoms with Gasteiger partial charge in [0, 0.05) is 0 Å². The van der Waals surface area contributed by atoms with Crippen LogP contribution in [0.25, 0.3) is 0 Å². The predicted molar refractivity (Wildman–Crippen MR) is 90.8 cm³/mol. The van der Waals surface area contributed by atoms with Crippen molar-refractivity contribution in [2.45, 2.75) is 74.1 Å². The molecule has 1 aliphatic carbocycles. The molecule has 1 fully saturated rings. The van der Waals surface area contributed by atoms with Gasteiger partial charge in [0.05, 0.1) is 5.41 Å². The Morgan fingerprint density at radius 1 is 1.10 bits per heavy atom. The third-order valence-corrected chi connectivity index (χ3v) is 6.28. The second-order valence-corrected chi connectivity index (χ2v) is 8.50. The van der Waals surface area contributed by atoms with Crippen LogP contribution in [0.5, 0.6) is 0 Å².